The monoisotopic (exact) mass is 615 g/mol. The molecule has 0 bridgehead atoms. The molecule has 0 aliphatic carbocycles. The summed E-state index contributed by atoms with van der Waals surface area (Å²) < 4.78 is 70.2. The zero-order chi connectivity index (χ0) is 30.5. The molecule has 2 atom stereocenters. The third-order valence-electron chi connectivity index (χ3n) is 4.25. The van der Waals surface area contributed by atoms with Crippen LogP contribution in [-0.4, -0.2) is 84.2 Å². The Kier molecular flexibility index (Phi) is 16.1. The molecule has 1 heterocycles. The van der Waals surface area contributed by atoms with Crippen molar-refractivity contribution in [2.75, 3.05) is 38.3 Å². The van der Waals surface area contributed by atoms with Gasteiger partial charge in [-0.2, -0.15) is 9.97 Å². The van der Waals surface area contributed by atoms with E-state index in [1.165, 1.54) is 6.07 Å². The SMILES string of the molecule is CC(C)OP(=O)(CO[C@H](CO)COc1cc(OC[C@H](C)OCP(=O)(OC(C)C)OC(C)C)nc(N)n1)OC(C)C. The van der Waals surface area contributed by atoms with Gasteiger partial charge in [-0.1, -0.05) is 0 Å². The maximum Gasteiger partial charge on any atom is 0.356 e. The smallest absolute Gasteiger partial charge is 0.356 e. The highest BCUT2D eigenvalue weighted by Gasteiger charge is 2.30. The standard InChI is InChI=1S/C24H47N3O11P2/c1-16(2)35-39(29,36-17(3)4)14-33-20(9)12-31-22-10-23(27-24(25)26-22)32-13-21(11-28)34-15-40(30,37-18(5)6)38-19(7)8/h10,16-21,28H,11-15H2,1-9H3,(H2,25,26,27)/t20-,21+/m0/s1. The number of nitrogens with zero attached hydrogens (tertiary/aromatic N) is 2. The molecule has 0 radical (unpaired) electrons. The molecule has 1 aromatic heterocycles. The Hall–Kier alpha value is -1.34. The summed E-state index contributed by atoms with van der Waals surface area (Å²) in [6.07, 6.45) is -3.26. The highest BCUT2D eigenvalue weighted by Crippen LogP contribution is 2.51. The van der Waals surface area contributed by atoms with E-state index in [1.807, 2.05) is 0 Å². The second-order valence-corrected chi connectivity index (χ2v) is 13.9. The molecule has 16 heteroatoms. The van der Waals surface area contributed by atoms with Crippen molar-refractivity contribution in [3.8, 4) is 11.8 Å². The van der Waals surface area contributed by atoms with Crippen molar-refractivity contribution < 1.29 is 51.3 Å². The van der Waals surface area contributed by atoms with Crippen molar-refractivity contribution in [3.05, 3.63) is 6.07 Å². The molecule has 0 unspecified atom stereocenters. The molecule has 0 saturated heterocycles. The third-order valence-corrected chi connectivity index (χ3v) is 8.16. The van der Waals surface area contributed by atoms with E-state index in [1.54, 1.807) is 62.3 Å². The molecule has 234 valence electrons. The second-order valence-electron chi connectivity index (χ2n) is 10.1. The van der Waals surface area contributed by atoms with E-state index < -0.39 is 34.0 Å². The molecule has 40 heavy (non-hydrogen) atoms. The summed E-state index contributed by atoms with van der Waals surface area (Å²) in [5.74, 6) is 0.0702. The van der Waals surface area contributed by atoms with Crippen LogP contribution < -0.4 is 15.2 Å². The molecule has 3 N–H and O–H groups in total. The van der Waals surface area contributed by atoms with Gasteiger partial charge in [0.15, 0.2) is 0 Å². The first kappa shape index (κ1) is 36.7. The first-order valence-electron chi connectivity index (χ1n) is 13.2. The lowest BCUT2D eigenvalue weighted by molar-refractivity contribution is -0.00613. The first-order valence-corrected chi connectivity index (χ1v) is 16.7. The molecule has 0 aromatic carbocycles. The fourth-order valence-electron chi connectivity index (χ4n) is 3.02. The van der Waals surface area contributed by atoms with E-state index in [-0.39, 0.29) is 68.0 Å². The van der Waals surface area contributed by atoms with Crippen molar-refractivity contribution in [2.24, 2.45) is 0 Å². The average Bonchev–Trinajstić information content (AvgIpc) is 2.79. The van der Waals surface area contributed by atoms with Crippen LogP contribution in [0.3, 0.4) is 0 Å². The number of nitrogens with two attached hydrogens (primary N) is 1. The fraction of sp³-hybridized carbons (Fsp3) is 0.833. The van der Waals surface area contributed by atoms with Crippen molar-refractivity contribution in [1.82, 2.24) is 9.97 Å². The van der Waals surface area contributed by atoms with Crippen LogP contribution in [0.4, 0.5) is 5.95 Å². The number of ether oxygens (including phenoxy) is 4. The minimum absolute atomic E-state index is 0.0443. The van der Waals surface area contributed by atoms with Crippen LogP contribution in [0.15, 0.2) is 6.07 Å². The number of anilines is 1. The van der Waals surface area contributed by atoms with Crippen LogP contribution in [-0.2, 0) is 36.7 Å². The molecule has 0 saturated carbocycles. The van der Waals surface area contributed by atoms with Gasteiger partial charge in [-0.05, 0) is 62.3 Å². The number of aromatic nitrogens is 2. The highest BCUT2D eigenvalue weighted by molar-refractivity contribution is 7.53. The van der Waals surface area contributed by atoms with Crippen molar-refractivity contribution in [1.29, 1.82) is 0 Å². The van der Waals surface area contributed by atoms with Gasteiger partial charge >= 0.3 is 15.2 Å². The molecule has 0 aliphatic rings. The Morgan fingerprint density at radius 3 is 1.52 bits per heavy atom. The van der Waals surface area contributed by atoms with Gasteiger partial charge in [-0.25, -0.2) is 0 Å². The summed E-state index contributed by atoms with van der Waals surface area (Å²) in [6, 6.07) is 1.40. The number of hydrogen-bond acceptors (Lipinski definition) is 14. The Morgan fingerprint density at radius 2 is 1.12 bits per heavy atom. The predicted molar refractivity (Wildman–Crippen MR) is 150 cm³/mol. The van der Waals surface area contributed by atoms with Crippen LogP contribution in [0.5, 0.6) is 11.8 Å². The first-order chi connectivity index (χ1) is 18.5. The van der Waals surface area contributed by atoms with Crippen LogP contribution in [0.25, 0.3) is 0 Å². The van der Waals surface area contributed by atoms with Crippen LogP contribution >= 0.6 is 15.2 Å². The number of hydrogen-bond donors (Lipinski definition) is 2. The molecule has 0 fully saturated rings. The number of rotatable bonds is 21. The summed E-state index contributed by atoms with van der Waals surface area (Å²) >= 11 is 0. The van der Waals surface area contributed by atoms with E-state index in [2.05, 4.69) is 9.97 Å². The lowest BCUT2D eigenvalue weighted by atomic mass is 10.4. The summed E-state index contributed by atoms with van der Waals surface area (Å²) in [6.45, 7) is 15.2. The van der Waals surface area contributed by atoms with Gasteiger partial charge in [0.2, 0.25) is 17.7 Å². The summed E-state index contributed by atoms with van der Waals surface area (Å²) in [5, 5.41) is 9.71. The Labute approximate surface area is 237 Å². The summed E-state index contributed by atoms with van der Waals surface area (Å²) in [5.41, 5.74) is 5.79. The number of aliphatic hydroxyl groups is 1. The number of nitrogen functional groups attached to an aromatic ring is 1. The Bertz CT molecular complexity index is 938. The van der Waals surface area contributed by atoms with Crippen molar-refractivity contribution in [2.45, 2.75) is 98.9 Å². The van der Waals surface area contributed by atoms with E-state index in [0.717, 1.165) is 0 Å². The molecule has 1 rings (SSSR count). The third kappa shape index (κ3) is 15.6. The zero-order valence-electron chi connectivity index (χ0n) is 25.0. The van der Waals surface area contributed by atoms with E-state index in [4.69, 9.17) is 42.8 Å². The van der Waals surface area contributed by atoms with E-state index in [0.29, 0.717) is 0 Å². The van der Waals surface area contributed by atoms with Gasteiger partial charge in [0.1, 0.15) is 32.0 Å². The maximum atomic E-state index is 13.0. The maximum absolute atomic E-state index is 13.0. The molecule has 0 spiro atoms. The summed E-state index contributed by atoms with van der Waals surface area (Å²) in [7, 11) is -7.02. The van der Waals surface area contributed by atoms with Gasteiger partial charge < -0.3 is 47.9 Å². The van der Waals surface area contributed by atoms with Crippen LogP contribution in [0.1, 0.15) is 62.3 Å². The highest BCUT2D eigenvalue weighted by atomic mass is 31.2. The predicted octanol–water partition coefficient (Wildman–Crippen LogP) is 4.60. The molecule has 14 nitrogen and oxygen atoms in total. The van der Waals surface area contributed by atoms with Crippen molar-refractivity contribution in [3.63, 3.8) is 0 Å². The Balaban J connectivity index is 2.70. The molecule has 1 aromatic rings. The van der Waals surface area contributed by atoms with Crippen LogP contribution in [0.2, 0.25) is 0 Å². The van der Waals surface area contributed by atoms with Gasteiger partial charge in [0, 0.05) is 0 Å². The normalized spacial score (nSPS) is 14.3. The molecule has 0 amide bonds. The lowest BCUT2D eigenvalue weighted by Crippen LogP contribution is -2.27. The van der Waals surface area contributed by atoms with Gasteiger partial charge in [-0.3, -0.25) is 9.13 Å². The zero-order valence-corrected chi connectivity index (χ0v) is 26.8. The molecule has 0 aliphatic heterocycles. The van der Waals surface area contributed by atoms with Gasteiger partial charge in [0.25, 0.3) is 0 Å². The Morgan fingerprint density at radius 1 is 0.725 bits per heavy atom. The lowest BCUT2D eigenvalue weighted by Gasteiger charge is -2.24. The largest absolute Gasteiger partial charge is 0.475 e. The van der Waals surface area contributed by atoms with E-state index in [9.17, 15) is 14.2 Å². The second kappa shape index (κ2) is 17.6. The van der Waals surface area contributed by atoms with Gasteiger partial charge in [0.05, 0.1) is 43.2 Å². The fourth-order valence-corrected chi connectivity index (χ4v) is 6.77. The minimum atomic E-state index is -3.56. The molecular weight excluding hydrogens is 568 g/mol. The van der Waals surface area contributed by atoms with Crippen molar-refractivity contribution >= 4 is 21.1 Å². The summed E-state index contributed by atoms with van der Waals surface area (Å²) in [4.78, 5) is 8.02. The quantitative estimate of drug-likeness (QED) is 0.183. The minimum Gasteiger partial charge on any atom is -0.475 e. The molecular formula is C24H47N3O11P2. The average molecular weight is 616 g/mol. The number of aliphatic hydroxyl groups excluding tert-OH is 1. The topological polar surface area (TPSA) is 180 Å². The van der Waals surface area contributed by atoms with Gasteiger partial charge in [-0.15, -0.1) is 0 Å². The van der Waals surface area contributed by atoms with Crippen LogP contribution in [0, 0.1) is 0 Å². The van der Waals surface area contributed by atoms with E-state index >= 15 is 0 Å².